The Morgan fingerprint density at radius 1 is 1.21 bits per heavy atom. The molecule has 0 radical (unpaired) electrons. The molecule has 0 aliphatic carbocycles. The summed E-state index contributed by atoms with van der Waals surface area (Å²) in [6.45, 7) is 6.31. The maximum Gasteiger partial charge on any atom is 0.409 e. The van der Waals surface area contributed by atoms with Gasteiger partial charge in [0.25, 0.3) is 0 Å². The molecule has 3 aromatic rings. The molecule has 0 unspecified atom stereocenters. The minimum atomic E-state index is -1.15. The molecule has 3 N–H and O–H groups in total. The lowest BCUT2D eigenvalue weighted by molar-refractivity contribution is 0.209. The maximum absolute atomic E-state index is 10.8. The van der Waals surface area contributed by atoms with Crippen LogP contribution in [0.4, 0.5) is 16.4 Å². The molecule has 0 saturated carbocycles. The van der Waals surface area contributed by atoms with Gasteiger partial charge in [0.1, 0.15) is 5.69 Å². The second-order valence-electron chi connectivity index (χ2n) is 5.84. The van der Waals surface area contributed by atoms with Crippen molar-refractivity contribution >= 4 is 17.7 Å². The number of aromatic nitrogens is 4. The van der Waals surface area contributed by atoms with Crippen LogP contribution in [-0.4, -0.2) is 37.9 Å². The largest absolute Gasteiger partial charge is 0.478 e. The van der Waals surface area contributed by atoms with Crippen molar-refractivity contribution in [2.24, 2.45) is 0 Å². The Labute approximate surface area is 161 Å². The minimum Gasteiger partial charge on any atom is -0.478 e. The maximum atomic E-state index is 10.8. The summed E-state index contributed by atoms with van der Waals surface area (Å²) in [4.78, 5) is 23.7. The van der Waals surface area contributed by atoms with Gasteiger partial charge in [0.2, 0.25) is 11.8 Å². The van der Waals surface area contributed by atoms with Crippen LogP contribution in [0.25, 0.3) is 11.5 Å². The number of nitrogens with one attached hydrogen (secondary N) is 2. The number of ether oxygens (including phenoxy) is 1. The van der Waals surface area contributed by atoms with E-state index in [1.165, 1.54) is 0 Å². The van der Waals surface area contributed by atoms with Gasteiger partial charge in [-0.25, -0.2) is 14.8 Å². The monoisotopic (exact) mass is 384 g/mol. The average molecular weight is 384 g/mol. The van der Waals surface area contributed by atoms with Crippen molar-refractivity contribution in [3.8, 4) is 17.3 Å². The van der Waals surface area contributed by atoms with Gasteiger partial charge in [0.05, 0.1) is 23.7 Å². The Morgan fingerprint density at radius 2 is 2.04 bits per heavy atom. The Morgan fingerprint density at radius 3 is 2.75 bits per heavy atom. The lowest BCUT2D eigenvalue weighted by Crippen LogP contribution is -2.09. The van der Waals surface area contributed by atoms with E-state index in [1.54, 1.807) is 31.3 Å². The van der Waals surface area contributed by atoms with E-state index in [0.29, 0.717) is 53.5 Å². The van der Waals surface area contributed by atoms with Gasteiger partial charge >= 0.3 is 6.09 Å². The molecular weight excluding hydrogens is 364 g/mol. The molecule has 3 heterocycles. The third-order valence-electron chi connectivity index (χ3n) is 3.89. The number of hydrogen-bond acceptors (Lipinski definition) is 8. The van der Waals surface area contributed by atoms with Gasteiger partial charge < -0.3 is 19.7 Å². The van der Waals surface area contributed by atoms with Crippen LogP contribution in [0.15, 0.2) is 28.9 Å². The van der Waals surface area contributed by atoms with E-state index in [4.69, 9.17) is 14.4 Å². The van der Waals surface area contributed by atoms with Crippen LogP contribution < -0.4 is 15.4 Å². The quantitative estimate of drug-likeness (QED) is 0.561. The molecule has 0 fully saturated rings. The lowest BCUT2D eigenvalue weighted by Gasteiger charge is -2.08. The number of aryl methyl sites for hydroxylation is 2. The van der Waals surface area contributed by atoms with Crippen molar-refractivity contribution in [1.82, 2.24) is 20.1 Å². The molecule has 3 rings (SSSR count). The number of carbonyl (C=O) groups is 1. The lowest BCUT2D eigenvalue weighted by atomic mass is 10.1. The van der Waals surface area contributed by atoms with Crippen molar-refractivity contribution in [3.05, 3.63) is 41.3 Å². The SMILES string of the molecule is CCOc1ccnc(NCc2c(C)noc2-c2ccc(NC(=O)O)c(C)n2)n1. The average Bonchev–Trinajstić information content (AvgIpc) is 3.02. The number of carboxylic acid groups (broad SMARTS) is 1. The van der Waals surface area contributed by atoms with Crippen molar-refractivity contribution in [2.45, 2.75) is 27.3 Å². The molecule has 0 bridgehead atoms. The highest BCUT2D eigenvalue weighted by atomic mass is 16.5. The zero-order valence-corrected chi connectivity index (χ0v) is 15.7. The summed E-state index contributed by atoms with van der Waals surface area (Å²) >= 11 is 0. The fourth-order valence-corrected chi connectivity index (χ4v) is 2.56. The Balaban J connectivity index is 1.81. The highest BCUT2D eigenvalue weighted by Gasteiger charge is 2.17. The second-order valence-corrected chi connectivity index (χ2v) is 5.84. The highest BCUT2D eigenvalue weighted by Crippen LogP contribution is 2.27. The summed E-state index contributed by atoms with van der Waals surface area (Å²) in [5.74, 6) is 1.40. The number of rotatable bonds is 7. The molecule has 146 valence electrons. The first-order valence-corrected chi connectivity index (χ1v) is 8.60. The summed E-state index contributed by atoms with van der Waals surface area (Å²) in [5.41, 5.74) is 3.00. The molecule has 1 amide bonds. The van der Waals surface area contributed by atoms with Gasteiger partial charge in [-0.05, 0) is 32.9 Å². The molecule has 28 heavy (non-hydrogen) atoms. The van der Waals surface area contributed by atoms with Crippen molar-refractivity contribution < 1.29 is 19.2 Å². The summed E-state index contributed by atoms with van der Waals surface area (Å²) < 4.78 is 10.8. The number of anilines is 2. The van der Waals surface area contributed by atoms with E-state index in [-0.39, 0.29) is 0 Å². The van der Waals surface area contributed by atoms with E-state index < -0.39 is 6.09 Å². The van der Waals surface area contributed by atoms with Crippen LogP contribution in [0.2, 0.25) is 0 Å². The Hall–Kier alpha value is -3.69. The minimum absolute atomic E-state index is 0.371. The fraction of sp³-hybridized carbons (Fsp3) is 0.278. The van der Waals surface area contributed by atoms with Crippen molar-refractivity contribution in [3.63, 3.8) is 0 Å². The summed E-state index contributed by atoms with van der Waals surface area (Å²) in [6.07, 6.45) is 0.466. The first-order valence-electron chi connectivity index (χ1n) is 8.60. The molecule has 0 atom stereocenters. The van der Waals surface area contributed by atoms with Crippen LogP contribution in [0.1, 0.15) is 23.9 Å². The molecule has 0 aliphatic heterocycles. The molecule has 0 aromatic carbocycles. The van der Waals surface area contributed by atoms with E-state index in [2.05, 4.69) is 30.7 Å². The van der Waals surface area contributed by atoms with E-state index >= 15 is 0 Å². The van der Waals surface area contributed by atoms with Crippen LogP contribution in [0, 0.1) is 13.8 Å². The summed E-state index contributed by atoms with van der Waals surface area (Å²) in [6, 6.07) is 4.99. The fourth-order valence-electron chi connectivity index (χ4n) is 2.56. The summed E-state index contributed by atoms with van der Waals surface area (Å²) in [7, 11) is 0. The third-order valence-corrected chi connectivity index (χ3v) is 3.89. The number of hydrogen-bond donors (Lipinski definition) is 3. The van der Waals surface area contributed by atoms with Crippen molar-refractivity contribution in [2.75, 3.05) is 17.2 Å². The predicted octanol–water partition coefficient (Wildman–Crippen LogP) is 3.24. The molecule has 10 nitrogen and oxygen atoms in total. The molecular formula is C18H20N6O4. The Kier molecular flexibility index (Phi) is 5.68. The van der Waals surface area contributed by atoms with Gasteiger partial charge in [-0.15, -0.1) is 0 Å². The first kappa shape index (κ1) is 19.1. The number of nitrogens with zero attached hydrogens (tertiary/aromatic N) is 4. The van der Waals surface area contributed by atoms with E-state index in [9.17, 15) is 4.79 Å². The van der Waals surface area contributed by atoms with Gasteiger partial charge in [0.15, 0.2) is 5.76 Å². The number of pyridine rings is 1. The van der Waals surface area contributed by atoms with E-state index in [1.807, 2.05) is 13.8 Å². The highest BCUT2D eigenvalue weighted by molar-refractivity contribution is 5.83. The van der Waals surface area contributed by atoms with Crippen LogP contribution in [0.5, 0.6) is 5.88 Å². The molecule has 0 saturated heterocycles. The van der Waals surface area contributed by atoms with E-state index in [0.717, 1.165) is 5.56 Å². The van der Waals surface area contributed by atoms with Crippen LogP contribution >= 0.6 is 0 Å². The van der Waals surface area contributed by atoms with Crippen LogP contribution in [0.3, 0.4) is 0 Å². The first-order chi connectivity index (χ1) is 13.5. The smallest absolute Gasteiger partial charge is 0.409 e. The molecule has 3 aromatic heterocycles. The third kappa shape index (κ3) is 4.34. The second kappa shape index (κ2) is 8.33. The number of amides is 1. The predicted molar refractivity (Wildman–Crippen MR) is 101 cm³/mol. The Bertz CT molecular complexity index is 988. The zero-order chi connectivity index (χ0) is 20.1. The summed E-state index contributed by atoms with van der Waals surface area (Å²) in [5, 5.41) is 18.3. The topological polar surface area (TPSA) is 135 Å². The van der Waals surface area contributed by atoms with Crippen molar-refractivity contribution in [1.29, 1.82) is 0 Å². The normalized spacial score (nSPS) is 10.5. The van der Waals surface area contributed by atoms with Gasteiger partial charge in [0, 0.05) is 24.4 Å². The molecule has 10 heteroatoms. The molecule has 0 spiro atoms. The van der Waals surface area contributed by atoms with Gasteiger partial charge in [-0.2, -0.15) is 4.98 Å². The van der Waals surface area contributed by atoms with Crippen LogP contribution in [-0.2, 0) is 6.54 Å². The standard InChI is InChI=1S/C18H20N6O4/c1-4-27-15-7-8-19-17(23-15)20-9-12-10(2)24-28-16(12)14-6-5-13(11(3)21-14)22-18(25)26/h5-8,22H,4,9H2,1-3H3,(H,25,26)(H,19,20,23). The van der Waals surface area contributed by atoms with Gasteiger partial charge in [-0.3, -0.25) is 5.32 Å². The molecule has 0 aliphatic rings. The zero-order valence-electron chi connectivity index (χ0n) is 15.7. The van der Waals surface area contributed by atoms with Gasteiger partial charge in [-0.1, -0.05) is 5.16 Å².